The maximum Gasteiger partial charge on any atom is 0.338 e. The molecule has 9 heteroatoms. The first-order valence-electron chi connectivity index (χ1n) is 8.72. The first kappa shape index (κ1) is 18.1. The summed E-state index contributed by atoms with van der Waals surface area (Å²) in [6.45, 7) is 0.236. The second-order valence-corrected chi connectivity index (χ2v) is 5.95. The molecule has 0 radical (unpaired) electrons. The number of tetrazole rings is 1. The summed E-state index contributed by atoms with van der Waals surface area (Å²) in [5, 5.41) is 17.1. The summed E-state index contributed by atoms with van der Waals surface area (Å²) in [6, 6.07) is 20.2. The van der Waals surface area contributed by atoms with Gasteiger partial charge in [0.15, 0.2) is 0 Å². The van der Waals surface area contributed by atoms with Crippen molar-refractivity contribution in [1.82, 2.24) is 20.6 Å². The molecule has 0 amide bonds. The Bertz CT molecular complexity index is 1090. The van der Waals surface area contributed by atoms with Crippen LogP contribution >= 0.6 is 0 Å². The number of hydrogen-bond donors (Lipinski definition) is 2. The molecule has 2 aromatic carbocycles. The van der Waals surface area contributed by atoms with Crippen molar-refractivity contribution < 1.29 is 13.9 Å². The fraction of sp³-hybridized carbons (Fsp3) is 0.0500. The molecule has 0 saturated carbocycles. The molecule has 29 heavy (non-hydrogen) atoms. The molecule has 0 fully saturated rings. The number of nitrogens with one attached hydrogen (secondary N) is 2. The van der Waals surface area contributed by atoms with Gasteiger partial charge < -0.3 is 9.15 Å². The van der Waals surface area contributed by atoms with Gasteiger partial charge in [0.1, 0.15) is 18.1 Å². The van der Waals surface area contributed by atoms with Crippen molar-refractivity contribution in [3.63, 3.8) is 0 Å². The van der Waals surface area contributed by atoms with Crippen molar-refractivity contribution in [3.05, 3.63) is 83.6 Å². The average Bonchev–Trinajstić information content (AvgIpc) is 3.45. The van der Waals surface area contributed by atoms with E-state index in [-0.39, 0.29) is 18.5 Å². The van der Waals surface area contributed by atoms with E-state index in [1.54, 1.807) is 30.3 Å². The minimum absolute atomic E-state index is 0.236. The Labute approximate surface area is 165 Å². The predicted molar refractivity (Wildman–Crippen MR) is 105 cm³/mol. The highest BCUT2D eigenvalue weighted by atomic mass is 16.5. The molecule has 0 spiro atoms. The maximum atomic E-state index is 12.2. The number of nitrogens with zero attached hydrogens (tertiary/aromatic N) is 4. The SMILES string of the molecule is O=C(OCc1ccccc1)c1ccc(-c2ccc(/C=N\Nc3nn[nH]n3)o2)cc1. The van der Waals surface area contributed by atoms with Crippen LogP contribution in [-0.2, 0) is 11.3 Å². The Kier molecular flexibility index (Phi) is 5.38. The van der Waals surface area contributed by atoms with E-state index in [2.05, 4.69) is 31.2 Å². The van der Waals surface area contributed by atoms with Crippen molar-refractivity contribution in [1.29, 1.82) is 0 Å². The normalized spacial score (nSPS) is 10.9. The third kappa shape index (κ3) is 4.72. The molecule has 4 rings (SSSR count). The van der Waals surface area contributed by atoms with Crippen LogP contribution in [0, 0.1) is 0 Å². The summed E-state index contributed by atoms with van der Waals surface area (Å²) in [6.07, 6.45) is 1.50. The second kappa shape index (κ2) is 8.61. The molecule has 0 bridgehead atoms. The van der Waals surface area contributed by atoms with E-state index in [1.165, 1.54) is 6.21 Å². The van der Waals surface area contributed by atoms with Crippen molar-refractivity contribution in [2.45, 2.75) is 6.61 Å². The Morgan fingerprint density at radius 1 is 1.10 bits per heavy atom. The molecule has 144 valence electrons. The van der Waals surface area contributed by atoms with Crippen LogP contribution in [0.2, 0.25) is 0 Å². The highest BCUT2D eigenvalue weighted by molar-refractivity contribution is 5.90. The monoisotopic (exact) mass is 388 g/mol. The van der Waals surface area contributed by atoms with Gasteiger partial charge in [0.25, 0.3) is 5.95 Å². The number of furan rings is 1. The molecular weight excluding hydrogens is 372 g/mol. The fourth-order valence-electron chi connectivity index (χ4n) is 2.52. The van der Waals surface area contributed by atoms with Crippen LogP contribution in [0.15, 0.2) is 76.2 Å². The third-order valence-corrected chi connectivity index (χ3v) is 3.95. The lowest BCUT2D eigenvalue weighted by Gasteiger charge is -2.05. The highest BCUT2D eigenvalue weighted by Gasteiger charge is 2.09. The summed E-state index contributed by atoms with van der Waals surface area (Å²) < 4.78 is 11.1. The summed E-state index contributed by atoms with van der Waals surface area (Å²) in [5.41, 5.74) is 4.85. The van der Waals surface area contributed by atoms with E-state index in [1.807, 2.05) is 36.4 Å². The number of carbonyl (C=O) groups is 1. The van der Waals surface area contributed by atoms with E-state index in [9.17, 15) is 4.79 Å². The first-order valence-corrected chi connectivity index (χ1v) is 8.72. The smallest absolute Gasteiger partial charge is 0.338 e. The Morgan fingerprint density at radius 2 is 1.93 bits per heavy atom. The van der Waals surface area contributed by atoms with Crippen LogP contribution in [0.4, 0.5) is 5.95 Å². The second-order valence-electron chi connectivity index (χ2n) is 5.95. The average molecular weight is 388 g/mol. The molecular formula is C20H16N6O3. The zero-order valence-corrected chi connectivity index (χ0v) is 15.1. The summed E-state index contributed by atoms with van der Waals surface area (Å²) in [7, 11) is 0. The number of anilines is 1. The Hall–Kier alpha value is -4.27. The standard InChI is InChI=1S/C20H16N6O3/c27-19(28-13-14-4-2-1-3-5-14)16-8-6-15(7-9-16)18-11-10-17(29-18)12-21-22-20-23-25-26-24-20/h1-12H,13H2,(H2,22,23,24,25,26)/b21-12-. The number of rotatable bonds is 7. The van der Waals surface area contributed by atoms with Crippen LogP contribution in [0.3, 0.4) is 0 Å². The van der Waals surface area contributed by atoms with Gasteiger partial charge in [0, 0.05) is 5.56 Å². The molecule has 2 aromatic heterocycles. The number of ether oxygens (including phenoxy) is 1. The van der Waals surface area contributed by atoms with Gasteiger partial charge in [-0.05, 0) is 35.0 Å². The van der Waals surface area contributed by atoms with Crippen LogP contribution in [0.1, 0.15) is 21.7 Å². The molecule has 4 aromatic rings. The maximum absolute atomic E-state index is 12.2. The number of H-pyrrole nitrogens is 1. The number of esters is 1. The van der Waals surface area contributed by atoms with Crippen LogP contribution in [-0.4, -0.2) is 32.8 Å². The van der Waals surface area contributed by atoms with Gasteiger partial charge >= 0.3 is 5.97 Å². The lowest BCUT2D eigenvalue weighted by Crippen LogP contribution is -2.04. The number of carbonyl (C=O) groups excluding carboxylic acids is 1. The van der Waals surface area contributed by atoms with Gasteiger partial charge in [-0.25, -0.2) is 10.2 Å². The molecule has 2 N–H and O–H groups in total. The van der Waals surface area contributed by atoms with Crippen LogP contribution < -0.4 is 5.43 Å². The van der Waals surface area contributed by atoms with E-state index >= 15 is 0 Å². The molecule has 0 atom stereocenters. The quantitative estimate of drug-likeness (QED) is 0.283. The molecule has 0 aliphatic heterocycles. The summed E-state index contributed by atoms with van der Waals surface area (Å²) >= 11 is 0. The fourth-order valence-corrected chi connectivity index (χ4v) is 2.52. The predicted octanol–water partition coefficient (Wildman–Crippen LogP) is 3.26. The first-order chi connectivity index (χ1) is 14.3. The lowest BCUT2D eigenvalue weighted by molar-refractivity contribution is 0.0472. The van der Waals surface area contributed by atoms with Crippen LogP contribution in [0.5, 0.6) is 0 Å². The van der Waals surface area contributed by atoms with E-state index in [0.717, 1.165) is 11.1 Å². The van der Waals surface area contributed by atoms with E-state index in [4.69, 9.17) is 9.15 Å². The molecule has 0 aliphatic rings. The van der Waals surface area contributed by atoms with Crippen molar-refractivity contribution >= 4 is 18.1 Å². The summed E-state index contributed by atoms with van der Waals surface area (Å²) in [5.74, 6) is 1.07. The number of hydrazone groups is 1. The zero-order chi connectivity index (χ0) is 19.9. The minimum Gasteiger partial charge on any atom is -0.457 e. The lowest BCUT2D eigenvalue weighted by atomic mass is 10.1. The highest BCUT2D eigenvalue weighted by Crippen LogP contribution is 2.22. The molecule has 0 saturated heterocycles. The number of aromatic amines is 1. The van der Waals surface area contributed by atoms with Gasteiger partial charge in [-0.15, -0.1) is 5.10 Å². The number of hydrogen-bond acceptors (Lipinski definition) is 8. The van der Waals surface area contributed by atoms with Gasteiger partial charge in [-0.2, -0.15) is 10.3 Å². The van der Waals surface area contributed by atoms with Gasteiger partial charge in [0.2, 0.25) is 0 Å². The van der Waals surface area contributed by atoms with Crippen molar-refractivity contribution in [3.8, 4) is 11.3 Å². The molecule has 0 aliphatic carbocycles. The van der Waals surface area contributed by atoms with E-state index in [0.29, 0.717) is 17.1 Å². The summed E-state index contributed by atoms with van der Waals surface area (Å²) in [4.78, 5) is 12.2. The number of benzene rings is 2. The van der Waals surface area contributed by atoms with Crippen LogP contribution in [0.25, 0.3) is 11.3 Å². The number of aromatic nitrogens is 4. The van der Waals surface area contributed by atoms with Gasteiger partial charge in [-0.3, -0.25) is 0 Å². The topological polar surface area (TPSA) is 118 Å². The molecule has 0 unspecified atom stereocenters. The zero-order valence-electron chi connectivity index (χ0n) is 15.1. The Balaban J connectivity index is 1.35. The van der Waals surface area contributed by atoms with Gasteiger partial charge in [0.05, 0.1) is 11.8 Å². The van der Waals surface area contributed by atoms with Gasteiger partial charge in [-0.1, -0.05) is 47.6 Å². The largest absolute Gasteiger partial charge is 0.457 e. The minimum atomic E-state index is -0.375. The molecule has 2 heterocycles. The van der Waals surface area contributed by atoms with Crippen molar-refractivity contribution in [2.24, 2.45) is 5.10 Å². The van der Waals surface area contributed by atoms with E-state index < -0.39 is 0 Å². The molecule has 9 nitrogen and oxygen atoms in total. The third-order valence-electron chi connectivity index (χ3n) is 3.95. The van der Waals surface area contributed by atoms with Crippen molar-refractivity contribution in [2.75, 3.05) is 5.43 Å². The Morgan fingerprint density at radius 3 is 2.69 bits per heavy atom.